The second-order valence-electron chi connectivity index (χ2n) is 8.65. The van der Waals surface area contributed by atoms with Crippen LogP contribution in [0.2, 0.25) is 0 Å². The standard InChI is InChI=1S/C19H40OP2/c1-11-22(10,12-2)14-21(9)19(7,8)20-17-13-15(3)18(5,6)16(17)4/h15-17,21H,9-14H2,1-8H3/t15-,16-,17+/m1/s1. The molecule has 4 atom stereocenters. The smallest absolute Gasteiger partial charge is 0.0787 e. The van der Waals surface area contributed by atoms with Gasteiger partial charge in [-0.3, -0.25) is 0 Å². The van der Waals surface area contributed by atoms with E-state index in [-0.39, 0.29) is 5.34 Å². The van der Waals surface area contributed by atoms with Gasteiger partial charge in [-0.05, 0) is 55.7 Å². The Morgan fingerprint density at radius 3 is 2.09 bits per heavy atom. The summed E-state index contributed by atoms with van der Waals surface area (Å²) in [5.74, 6) is 2.60. The van der Waals surface area contributed by atoms with Crippen LogP contribution >= 0.6 is 14.4 Å². The molecule has 0 aromatic heterocycles. The van der Waals surface area contributed by atoms with Crippen molar-refractivity contribution in [1.29, 1.82) is 0 Å². The molecule has 3 heteroatoms. The van der Waals surface area contributed by atoms with Crippen LogP contribution in [0.4, 0.5) is 0 Å². The highest BCUT2D eigenvalue weighted by Gasteiger charge is 2.46. The first-order valence-corrected chi connectivity index (χ1v) is 13.4. The largest absolute Gasteiger partial charge is 0.368 e. The van der Waals surface area contributed by atoms with Crippen LogP contribution in [0, 0.1) is 17.3 Å². The van der Waals surface area contributed by atoms with E-state index in [2.05, 4.69) is 68.0 Å². The summed E-state index contributed by atoms with van der Waals surface area (Å²) in [6.07, 6.45) is 13.2. The Bertz CT molecular complexity index is 442. The summed E-state index contributed by atoms with van der Waals surface area (Å²) >= 11 is 0. The Morgan fingerprint density at radius 2 is 1.73 bits per heavy atom. The van der Waals surface area contributed by atoms with Crippen molar-refractivity contribution in [2.24, 2.45) is 17.3 Å². The van der Waals surface area contributed by atoms with Crippen molar-refractivity contribution < 1.29 is 4.74 Å². The van der Waals surface area contributed by atoms with E-state index < -0.39 is 14.4 Å². The van der Waals surface area contributed by atoms with Crippen molar-refractivity contribution in [2.45, 2.75) is 73.3 Å². The van der Waals surface area contributed by atoms with E-state index in [0.29, 0.717) is 17.4 Å². The number of hydrogen-bond acceptors (Lipinski definition) is 1. The van der Waals surface area contributed by atoms with Gasteiger partial charge in [0, 0.05) is 0 Å². The maximum Gasteiger partial charge on any atom is 0.0787 e. The minimum absolute atomic E-state index is 0.0585. The van der Waals surface area contributed by atoms with Gasteiger partial charge < -0.3 is 4.74 Å². The maximum absolute atomic E-state index is 6.69. The lowest BCUT2D eigenvalue weighted by atomic mass is 9.77. The van der Waals surface area contributed by atoms with Crippen LogP contribution in [0.15, 0.2) is 0 Å². The van der Waals surface area contributed by atoms with Crippen molar-refractivity contribution in [3.05, 3.63) is 0 Å². The molecule has 0 aromatic carbocycles. The van der Waals surface area contributed by atoms with Crippen LogP contribution in [0.25, 0.3) is 0 Å². The van der Waals surface area contributed by atoms with E-state index in [1.807, 2.05) is 0 Å². The molecule has 1 unspecified atom stereocenters. The zero-order chi connectivity index (χ0) is 17.3. The lowest BCUT2D eigenvalue weighted by Crippen LogP contribution is -2.32. The molecule has 0 aliphatic heterocycles. The maximum atomic E-state index is 6.69. The molecule has 1 rings (SSSR count). The Balaban J connectivity index is 2.80. The highest BCUT2D eigenvalue weighted by atomic mass is 31.2. The summed E-state index contributed by atoms with van der Waals surface area (Å²) in [6, 6.07) is 0. The third-order valence-electron chi connectivity index (χ3n) is 6.75. The average Bonchev–Trinajstić information content (AvgIpc) is 2.61. The molecule has 0 heterocycles. The lowest BCUT2D eigenvalue weighted by molar-refractivity contribution is -0.0426. The van der Waals surface area contributed by atoms with Gasteiger partial charge in [-0.25, -0.2) is 0 Å². The zero-order valence-corrected chi connectivity index (χ0v) is 18.2. The topological polar surface area (TPSA) is 9.23 Å². The summed E-state index contributed by atoms with van der Waals surface area (Å²) in [4.78, 5) is 0. The second-order valence-corrected chi connectivity index (χ2v) is 16.3. The van der Waals surface area contributed by atoms with Gasteiger partial charge in [-0.15, -0.1) is 19.5 Å². The average molecular weight is 346 g/mol. The van der Waals surface area contributed by atoms with Crippen LogP contribution in [-0.4, -0.2) is 42.3 Å². The quantitative estimate of drug-likeness (QED) is 0.521. The third kappa shape index (κ3) is 4.34. The first-order valence-electron chi connectivity index (χ1n) is 8.96. The normalized spacial score (nSPS) is 30.5. The molecule has 1 fully saturated rings. The Morgan fingerprint density at radius 1 is 1.23 bits per heavy atom. The summed E-state index contributed by atoms with van der Waals surface area (Å²) < 4.78 is 6.69. The zero-order valence-electron chi connectivity index (χ0n) is 16.3. The fourth-order valence-electron chi connectivity index (χ4n) is 3.44. The van der Waals surface area contributed by atoms with Crippen LogP contribution in [0.3, 0.4) is 0 Å². The Hall–Kier alpha value is 0.560. The van der Waals surface area contributed by atoms with E-state index in [4.69, 9.17) is 4.74 Å². The first-order chi connectivity index (χ1) is 9.89. The van der Waals surface area contributed by atoms with Crippen molar-refractivity contribution in [2.75, 3.05) is 18.2 Å². The van der Waals surface area contributed by atoms with Crippen LogP contribution in [0.1, 0.15) is 61.8 Å². The summed E-state index contributed by atoms with van der Waals surface area (Å²) in [6.45, 7) is 17.7. The lowest BCUT2D eigenvalue weighted by Gasteiger charge is -2.38. The highest BCUT2D eigenvalue weighted by Crippen LogP contribution is 2.57. The summed E-state index contributed by atoms with van der Waals surface area (Å²) in [5, 5.41) is -0.0585. The first kappa shape index (κ1) is 20.6. The van der Waals surface area contributed by atoms with Crippen LogP contribution < -0.4 is 0 Å². The van der Waals surface area contributed by atoms with Gasteiger partial charge in [0.25, 0.3) is 0 Å². The van der Waals surface area contributed by atoms with E-state index >= 15 is 0 Å². The van der Waals surface area contributed by atoms with Crippen molar-refractivity contribution >= 4 is 27.0 Å². The number of rotatable bonds is 7. The summed E-state index contributed by atoms with van der Waals surface area (Å²) in [7, 11) is -0.796. The monoisotopic (exact) mass is 346 g/mol. The molecule has 0 bridgehead atoms. The van der Waals surface area contributed by atoms with Crippen molar-refractivity contribution in [1.82, 2.24) is 0 Å². The van der Waals surface area contributed by atoms with E-state index in [1.54, 1.807) is 0 Å². The van der Waals surface area contributed by atoms with Gasteiger partial charge >= 0.3 is 0 Å². The van der Waals surface area contributed by atoms with E-state index in [1.165, 1.54) is 24.6 Å². The van der Waals surface area contributed by atoms with Gasteiger partial charge in [-0.1, -0.05) is 49.1 Å². The summed E-state index contributed by atoms with van der Waals surface area (Å²) in [5.41, 5.74) is 0.380. The van der Waals surface area contributed by atoms with Gasteiger partial charge in [-0.2, -0.15) is 0 Å². The van der Waals surface area contributed by atoms with Crippen molar-refractivity contribution in [3.8, 4) is 0 Å². The Kier molecular flexibility index (Phi) is 6.75. The van der Waals surface area contributed by atoms with E-state index in [0.717, 1.165) is 5.92 Å². The fourth-order valence-corrected chi connectivity index (χ4v) is 10.8. The Labute approximate surface area is 141 Å². The minimum Gasteiger partial charge on any atom is -0.368 e. The fraction of sp³-hybridized carbons (Fsp3) is 0.895. The molecule has 0 saturated heterocycles. The molecule has 1 aliphatic carbocycles. The molecular formula is C19H40OP2. The molecule has 1 nitrogen and oxygen atoms in total. The van der Waals surface area contributed by atoms with Gasteiger partial charge in [0.05, 0.1) is 11.4 Å². The predicted molar refractivity (Wildman–Crippen MR) is 111 cm³/mol. The van der Waals surface area contributed by atoms with Gasteiger partial charge in [0.15, 0.2) is 0 Å². The van der Waals surface area contributed by atoms with Gasteiger partial charge in [0.2, 0.25) is 0 Å². The molecule has 0 radical (unpaired) electrons. The highest BCUT2D eigenvalue weighted by molar-refractivity contribution is 7.83. The number of ether oxygens (including phenoxy) is 1. The molecule has 0 N–H and O–H groups in total. The predicted octanol–water partition coefficient (Wildman–Crippen LogP) is 5.90. The second kappa shape index (κ2) is 7.21. The SMILES string of the molecule is C=[PH](CP(=C)(CC)CC)C(C)(C)O[C@H]1C[C@@H](C)C(C)(C)[C@@H]1C. The molecular weight excluding hydrogens is 306 g/mol. The van der Waals surface area contributed by atoms with Crippen LogP contribution in [0.5, 0.6) is 0 Å². The molecule has 1 aliphatic rings. The van der Waals surface area contributed by atoms with Crippen molar-refractivity contribution in [3.63, 3.8) is 0 Å². The number of hydrogen-bond donors (Lipinski definition) is 0. The molecule has 0 spiro atoms. The molecule has 22 heavy (non-hydrogen) atoms. The molecule has 0 aromatic rings. The van der Waals surface area contributed by atoms with Gasteiger partial charge in [0.1, 0.15) is 0 Å². The molecule has 132 valence electrons. The third-order valence-corrected chi connectivity index (χ3v) is 15.5. The minimum atomic E-state index is -1.03. The molecule has 0 amide bonds. The molecule has 1 saturated carbocycles. The van der Waals surface area contributed by atoms with E-state index in [9.17, 15) is 0 Å². The van der Waals surface area contributed by atoms with Crippen LogP contribution in [-0.2, 0) is 4.74 Å².